The highest BCUT2D eigenvalue weighted by atomic mass is 32.1. The molecule has 1 aliphatic heterocycles. The predicted octanol–water partition coefficient (Wildman–Crippen LogP) is 1.55. The van der Waals surface area contributed by atoms with E-state index in [4.69, 9.17) is 14.2 Å². The summed E-state index contributed by atoms with van der Waals surface area (Å²) < 4.78 is 19.8. The summed E-state index contributed by atoms with van der Waals surface area (Å²) in [5.74, 6) is 0.522. The molecule has 0 spiro atoms. The Bertz CT molecular complexity index is 1430. The fraction of sp³-hybridized carbons (Fsp3) is 0.304. The van der Waals surface area contributed by atoms with Gasteiger partial charge in [0.25, 0.3) is 5.56 Å². The van der Waals surface area contributed by atoms with Crippen molar-refractivity contribution in [1.29, 1.82) is 0 Å². The molecule has 0 amide bonds. The van der Waals surface area contributed by atoms with Gasteiger partial charge in [-0.2, -0.15) is 5.10 Å². The number of esters is 1. The number of ether oxygens (including phenoxy) is 3. The molecule has 3 aromatic rings. The van der Waals surface area contributed by atoms with Crippen LogP contribution in [-0.4, -0.2) is 41.1 Å². The zero-order valence-corrected chi connectivity index (χ0v) is 19.8. The van der Waals surface area contributed by atoms with Gasteiger partial charge in [0.15, 0.2) is 16.3 Å². The Morgan fingerprint density at radius 1 is 1.24 bits per heavy atom. The third-order valence-corrected chi connectivity index (χ3v) is 6.25. The second-order valence-electron chi connectivity index (χ2n) is 7.36. The lowest BCUT2D eigenvalue weighted by Crippen LogP contribution is -2.39. The number of benzene rings is 1. The van der Waals surface area contributed by atoms with Crippen LogP contribution in [0.5, 0.6) is 11.5 Å². The Balaban J connectivity index is 1.97. The minimum Gasteiger partial charge on any atom is -0.493 e. The number of hydrogen-bond acceptors (Lipinski definition) is 8. The molecule has 1 aromatic carbocycles. The van der Waals surface area contributed by atoms with Gasteiger partial charge in [0, 0.05) is 18.8 Å². The van der Waals surface area contributed by atoms with Crippen LogP contribution in [0.4, 0.5) is 0 Å². The maximum atomic E-state index is 13.5. The molecule has 0 saturated heterocycles. The van der Waals surface area contributed by atoms with Crippen molar-refractivity contribution in [3.05, 3.63) is 72.7 Å². The number of rotatable bonds is 6. The van der Waals surface area contributed by atoms with Gasteiger partial charge in [-0.05, 0) is 37.6 Å². The third-order valence-electron chi connectivity index (χ3n) is 5.26. The summed E-state index contributed by atoms with van der Waals surface area (Å²) in [7, 11) is 4.90. The van der Waals surface area contributed by atoms with E-state index in [1.165, 1.54) is 23.0 Å². The molecule has 9 nitrogen and oxygen atoms in total. The zero-order valence-electron chi connectivity index (χ0n) is 19.0. The average Bonchev–Trinajstić information content (AvgIpc) is 3.34. The first-order valence-electron chi connectivity index (χ1n) is 10.3. The van der Waals surface area contributed by atoms with Crippen LogP contribution in [0.1, 0.15) is 31.0 Å². The zero-order chi connectivity index (χ0) is 23.7. The topological polar surface area (TPSA) is 96.9 Å². The van der Waals surface area contributed by atoms with Gasteiger partial charge in [0.1, 0.15) is 0 Å². The van der Waals surface area contributed by atoms with Gasteiger partial charge >= 0.3 is 5.97 Å². The van der Waals surface area contributed by atoms with Crippen LogP contribution in [0.25, 0.3) is 6.08 Å². The lowest BCUT2D eigenvalue weighted by Gasteiger charge is -2.25. The number of thiazole rings is 1. The summed E-state index contributed by atoms with van der Waals surface area (Å²) in [5, 5.41) is 4.15. The molecule has 4 rings (SSSR count). The number of aromatic nitrogens is 3. The van der Waals surface area contributed by atoms with Crippen molar-refractivity contribution < 1.29 is 19.0 Å². The van der Waals surface area contributed by atoms with Gasteiger partial charge < -0.3 is 14.2 Å². The van der Waals surface area contributed by atoms with E-state index in [1.807, 2.05) is 19.3 Å². The molecule has 0 N–H and O–H groups in total. The van der Waals surface area contributed by atoms with Crippen molar-refractivity contribution in [3.8, 4) is 11.5 Å². The molecule has 2 aromatic heterocycles. The van der Waals surface area contributed by atoms with E-state index in [9.17, 15) is 9.59 Å². The van der Waals surface area contributed by atoms with Crippen LogP contribution in [0.15, 0.2) is 51.6 Å². The molecule has 1 atom stereocenters. The summed E-state index contributed by atoms with van der Waals surface area (Å²) in [6.07, 6.45) is 5.27. The lowest BCUT2D eigenvalue weighted by molar-refractivity contribution is -0.139. The molecule has 172 valence electrons. The fourth-order valence-electron chi connectivity index (χ4n) is 3.80. The number of fused-ring (bicyclic) bond motifs is 1. The van der Waals surface area contributed by atoms with Crippen LogP contribution in [-0.2, 0) is 16.6 Å². The minimum absolute atomic E-state index is 0.208. The Morgan fingerprint density at radius 2 is 2.00 bits per heavy atom. The molecular formula is C23H24N4O5S. The molecule has 0 saturated carbocycles. The van der Waals surface area contributed by atoms with Crippen molar-refractivity contribution >= 4 is 23.4 Å². The highest BCUT2D eigenvalue weighted by molar-refractivity contribution is 7.07. The van der Waals surface area contributed by atoms with Gasteiger partial charge in [-0.1, -0.05) is 17.4 Å². The van der Waals surface area contributed by atoms with Gasteiger partial charge in [0.2, 0.25) is 0 Å². The summed E-state index contributed by atoms with van der Waals surface area (Å²) in [6, 6.07) is 4.59. The molecule has 0 bridgehead atoms. The van der Waals surface area contributed by atoms with Crippen LogP contribution < -0.4 is 24.4 Å². The first kappa shape index (κ1) is 22.5. The fourth-order valence-corrected chi connectivity index (χ4v) is 4.84. The van der Waals surface area contributed by atoms with Crippen molar-refractivity contribution in [3.63, 3.8) is 0 Å². The van der Waals surface area contributed by atoms with E-state index in [0.29, 0.717) is 37.7 Å². The van der Waals surface area contributed by atoms with E-state index in [1.54, 1.807) is 50.0 Å². The van der Waals surface area contributed by atoms with Crippen LogP contribution >= 0.6 is 11.3 Å². The number of methoxy groups -OCH3 is 2. The molecule has 3 heterocycles. The van der Waals surface area contributed by atoms with E-state index in [2.05, 4.69) is 10.1 Å². The third kappa shape index (κ3) is 4.09. The Hall–Kier alpha value is -3.66. The molecule has 33 heavy (non-hydrogen) atoms. The number of nitrogens with zero attached hydrogens (tertiary/aromatic N) is 4. The largest absolute Gasteiger partial charge is 0.493 e. The van der Waals surface area contributed by atoms with Gasteiger partial charge in [-0.15, -0.1) is 0 Å². The van der Waals surface area contributed by atoms with Gasteiger partial charge in [-0.3, -0.25) is 14.0 Å². The van der Waals surface area contributed by atoms with Crippen molar-refractivity contribution in [2.45, 2.75) is 19.9 Å². The van der Waals surface area contributed by atoms with Crippen LogP contribution in [0, 0.1) is 0 Å². The molecule has 1 unspecified atom stereocenters. The van der Waals surface area contributed by atoms with Crippen LogP contribution in [0.3, 0.4) is 0 Å². The quantitative estimate of drug-likeness (QED) is 0.510. The van der Waals surface area contributed by atoms with Crippen molar-refractivity contribution in [2.24, 2.45) is 12.0 Å². The van der Waals surface area contributed by atoms with E-state index in [-0.39, 0.29) is 12.2 Å². The number of allylic oxidation sites excluding steroid dienone is 1. The Morgan fingerprint density at radius 3 is 2.64 bits per heavy atom. The lowest BCUT2D eigenvalue weighted by atomic mass is 9.95. The van der Waals surface area contributed by atoms with Crippen LogP contribution in [0.2, 0.25) is 0 Å². The summed E-state index contributed by atoms with van der Waals surface area (Å²) in [4.78, 5) is 31.6. The summed E-state index contributed by atoms with van der Waals surface area (Å²) in [5.41, 5.74) is 2.04. The maximum Gasteiger partial charge on any atom is 0.338 e. The summed E-state index contributed by atoms with van der Waals surface area (Å²) >= 11 is 1.26. The second-order valence-corrected chi connectivity index (χ2v) is 8.37. The molecule has 0 fully saturated rings. The highest BCUT2D eigenvalue weighted by Gasteiger charge is 2.33. The molecule has 0 aliphatic carbocycles. The first-order chi connectivity index (χ1) is 15.9. The highest BCUT2D eigenvalue weighted by Crippen LogP contribution is 2.36. The predicted molar refractivity (Wildman–Crippen MR) is 123 cm³/mol. The molecular weight excluding hydrogens is 444 g/mol. The smallest absolute Gasteiger partial charge is 0.338 e. The minimum atomic E-state index is -0.726. The normalized spacial score (nSPS) is 15.8. The SMILES string of the molecule is CCOC(=O)C1=C(C)N=c2s/c(=C/c3cnn(C)c3)c(=O)n2C1c1ccc(OC)c(OC)c1. The molecule has 0 radical (unpaired) electrons. The monoisotopic (exact) mass is 468 g/mol. The summed E-state index contributed by atoms with van der Waals surface area (Å²) in [6.45, 7) is 3.69. The number of carbonyl (C=O) groups is 1. The number of carbonyl (C=O) groups excluding carboxylic acids is 1. The Labute approximate surface area is 193 Å². The number of hydrogen-bond donors (Lipinski definition) is 0. The maximum absolute atomic E-state index is 13.5. The van der Waals surface area contributed by atoms with Gasteiger partial charge in [-0.25, -0.2) is 9.79 Å². The average molecular weight is 469 g/mol. The first-order valence-corrected chi connectivity index (χ1v) is 11.1. The number of aryl methyl sites for hydroxylation is 1. The molecule has 10 heteroatoms. The van der Waals surface area contributed by atoms with Crippen molar-refractivity contribution in [2.75, 3.05) is 20.8 Å². The van der Waals surface area contributed by atoms with Gasteiger partial charge in [0.05, 0.1) is 48.9 Å². The van der Waals surface area contributed by atoms with E-state index < -0.39 is 12.0 Å². The standard InChI is InChI=1S/C23H24N4O5S/c1-6-32-22(29)19-13(2)25-23-27(20(19)15-7-8-16(30-4)17(10-15)31-5)21(28)18(33-23)9-14-11-24-26(3)12-14/h7-12,20H,6H2,1-5H3/b18-9+. The van der Waals surface area contributed by atoms with E-state index in [0.717, 1.165) is 5.56 Å². The van der Waals surface area contributed by atoms with E-state index >= 15 is 0 Å². The molecule has 1 aliphatic rings. The second kappa shape index (κ2) is 9.07. The van der Waals surface area contributed by atoms with Crippen molar-refractivity contribution in [1.82, 2.24) is 14.3 Å². The Kier molecular flexibility index (Phi) is 6.19.